The van der Waals surface area contributed by atoms with Gasteiger partial charge in [-0.05, 0) is 54.6 Å². The van der Waals surface area contributed by atoms with Gasteiger partial charge in [0.2, 0.25) is 0 Å². The Morgan fingerprint density at radius 3 is 2.50 bits per heavy atom. The van der Waals surface area contributed by atoms with Crippen LogP contribution in [0.2, 0.25) is 0 Å². The van der Waals surface area contributed by atoms with Gasteiger partial charge in [0.05, 0.1) is 11.0 Å². The van der Waals surface area contributed by atoms with E-state index in [4.69, 9.17) is 5.41 Å². The second kappa shape index (κ2) is 6.37. The molecule has 2 N–H and O–H groups in total. The maximum atomic E-state index is 12.7. The highest BCUT2D eigenvalue weighted by molar-refractivity contribution is 5.92. The number of fused-ring (bicyclic) bond motifs is 3. The largest absolute Gasteiger partial charge is 0.416 e. The normalized spacial score (nSPS) is 27.9. The predicted molar refractivity (Wildman–Crippen MR) is 89.9 cm³/mol. The van der Waals surface area contributed by atoms with E-state index in [-0.39, 0.29) is 23.5 Å². The number of hydrogen-bond acceptors (Lipinski definition) is 3. The number of urea groups is 1. The number of amides is 2. The SMILES string of the molecule is CC1(C(=N)N=O)CC2CCC1N(C(=O)Nc1ccc(C(F)(F)F)cc1)C2. The number of benzene rings is 1. The lowest BCUT2D eigenvalue weighted by atomic mass is 9.63. The number of rotatable bonds is 2. The molecular weight excluding hydrogens is 349 g/mol. The quantitative estimate of drug-likeness (QED) is 0.458. The van der Waals surface area contributed by atoms with Gasteiger partial charge in [0.25, 0.3) is 0 Å². The standard InChI is InChI=1S/C17H19F3N4O2/c1-16(14(21)23-26)8-10-2-7-13(16)24(9-10)15(25)22-12-5-3-11(4-6-12)17(18,19)20/h3-6,10,13,21H,2,7-9H2,1H3,(H,22,25). The molecule has 1 aliphatic carbocycles. The monoisotopic (exact) mass is 368 g/mol. The number of hydrogen-bond donors (Lipinski definition) is 2. The van der Waals surface area contributed by atoms with Crippen LogP contribution in [-0.2, 0) is 6.18 Å². The maximum absolute atomic E-state index is 12.7. The number of nitrogens with zero attached hydrogens (tertiary/aromatic N) is 2. The fourth-order valence-electron chi connectivity index (χ4n) is 4.13. The van der Waals surface area contributed by atoms with E-state index >= 15 is 0 Å². The van der Waals surface area contributed by atoms with Crippen LogP contribution in [0.15, 0.2) is 29.4 Å². The Bertz CT molecular complexity index is 735. The molecule has 9 heteroatoms. The van der Waals surface area contributed by atoms with Crippen LogP contribution in [0, 0.1) is 21.6 Å². The summed E-state index contributed by atoms with van der Waals surface area (Å²) in [6, 6.07) is 3.47. The van der Waals surface area contributed by atoms with Crippen LogP contribution in [0.25, 0.3) is 0 Å². The molecule has 6 nitrogen and oxygen atoms in total. The number of halogens is 3. The summed E-state index contributed by atoms with van der Waals surface area (Å²) >= 11 is 0. The van der Waals surface area contributed by atoms with Gasteiger partial charge < -0.3 is 10.2 Å². The molecule has 26 heavy (non-hydrogen) atoms. The summed E-state index contributed by atoms with van der Waals surface area (Å²) in [5.41, 5.74) is -1.32. The molecule has 1 aromatic rings. The van der Waals surface area contributed by atoms with E-state index < -0.39 is 23.2 Å². The Kier molecular flexibility index (Phi) is 4.49. The summed E-state index contributed by atoms with van der Waals surface area (Å²) in [7, 11) is 0. The number of anilines is 1. The summed E-state index contributed by atoms with van der Waals surface area (Å²) in [4.78, 5) is 25.1. The highest BCUT2D eigenvalue weighted by atomic mass is 19.4. The Morgan fingerprint density at radius 1 is 1.31 bits per heavy atom. The third kappa shape index (κ3) is 3.17. The maximum Gasteiger partial charge on any atom is 0.416 e. The van der Waals surface area contributed by atoms with E-state index in [0.717, 1.165) is 18.6 Å². The number of carbonyl (C=O) groups excluding carboxylic acids is 1. The molecule has 3 fully saturated rings. The lowest BCUT2D eigenvalue weighted by Gasteiger charge is -2.54. The van der Waals surface area contributed by atoms with E-state index in [1.807, 2.05) is 0 Å². The third-order valence-corrected chi connectivity index (χ3v) is 5.48. The highest BCUT2D eigenvalue weighted by Gasteiger charge is 2.53. The number of nitroso groups, excluding NO2 is 1. The first-order valence-corrected chi connectivity index (χ1v) is 8.32. The van der Waals surface area contributed by atoms with Crippen LogP contribution in [0.5, 0.6) is 0 Å². The Morgan fingerprint density at radius 2 is 1.96 bits per heavy atom. The van der Waals surface area contributed by atoms with Crippen LogP contribution in [0.4, 0.5) is 23.7 Å². The third-order valence-electron chi connectivity index (χ3n) is 5.48. The minimum atomic E-state index is -4.43. The molecule has 1 aromatic carbocycles. The van der Waals surface area contributed by atoms with Crippen molar-refractivity contribution in [3.05, 3.63) is 34.7 Å². The molecular formula is C17H19F3N4O2. The van der Waals surface area contributed by atoms with Crippen LogP contribution in [0.1, 0.15) is 31.7 Å². The molecule has 140 valence electrons. The van der Waals surface area contributed by atoms with E-state index in [0.29, 0.717) is 19.4 Å². The van der Waals surface area contributed by atoms with Gasteiger partial charge in [-0.1, -0.05) is 6.92 Å². The molecule has 3 aliphatic rings. The van der Waals surface area contributed by atoms with Crippen molar-refractivity contribution in [3.8, 4) is 0 Å². The van der Waals surface area contributed by atoms with Crippen LogP contribution in [-0.4, -0.2) is 29.4 Å². The summed E-state index contributed by atoms with van der Waals surface area (Å²) in [5.74, 6) is -0.0929. The van der Waals surface area contributed by atoms with Crippen molar-refractivity contribution in [1.82, 2.24) is 4.90 Å². The lowest BCUT2D eigenvalue weighted by Crippen LogP contribution is -2.62. The van der Waals surface area contributed by atoms with Gasteiger partial charge in [-0.15, -0.1) is 4.91 Å². The van der Waals surface area contributed by atoms with Crippen molar-refractivity contribution in [1.29, 1.82) is 5.41 Å². The van der Waals surface area contributed by atoms with Crippen LogP contribution in [0.3, 0.4) is 0 Å². The van der Waals surface area contributed by atoms with Crippen LogP contribution < -0.4 is 5.32 Å². The molecule has 2 heterocycles. The molecule has 0 aromatic heterocycles. The summed E-state index contributed by atoms with van der Waals surface area (Å²) < 4.78 is 37.9. The first-order chi connectivity index (χ1) is 12.1. The minimum Gasteiger partial charge on any atom is -0.320 e. The number of carbonyl (C=O) groups is 1. The first-order valence-electron chi connectivity index (χ1n) is 8.32. The zero-order chi connectivity index (χ0) is 19.1. The lowest BCUT2D eigenvalue weighted by molar-refractivity contribution is -0.137. The van der Waals surface area contributed by atoms with Crippen molar-refractivity contribution >= 4 is 17.6 Å². The molecule has 0 radical (unpaired) electrons. The molecule has 4 rings (SSSR count). The molecule has 1 saturated carbocycles. The van der Waals surface area contributed by atoms with E-state index in [9.17, 15) is 22.9 Å². The van der Waals surface area contributed by atoms with Gasteiger partial charge in [-0.2, -0.15) is 13.2 Å². The topological polar surface area (TPSA) is 85.6 Å². The average molecular weight is 368 g/mol. The van der Waals surface area contributed by atoms with Crippen molar-refractivity contribution in [2.75, 3.05) is 11.9 Å². The van der Waals surface area contributed by atoms with E-state index in [2.05, 4.69) is 10.5 Å². The molecule has 0 spiro atoms. The summed E-state index contributed by atoms with van der Waals surface area (Å²) in [5, 5.41) is 13.3. The van der Waals surface area contributed by atoms with Gasteiger partial charge in [0, 0.05) is 18.3 Å². The van der Waals surface area contributed by atoms with Crippen LogP contribution >= 0.6 is 0 Å². The minimum absolute atomic E-state index is 0.172. The molecule has 3 unspecified atom stereocenters. The number of amidine groups is 1. The fourth-order valence-corrected chi connectivity index (χ4v) is 4.13. The van der Waals surface area contributed by atoms with Crippen molar-refractivity contribution in [2.24, 2.45) is 16.5 Å². The molecule has 2 saturated heterocycles. The number of alkyl halides is 3. The number of piperidine rings is 2. The number of nitrogens with one attached hydrogen (secondary N) is 2. The predicted octanol–water partition coefficient (Wildman–Crippen LogP) is 4.47. The zero-order valence-corrected chi connectivity index (χ0v) is 14.1. The van der Waals surface area contributed by atoms with Gasteiger partial charge in [-0.25, -0.2) is 4.79 Å². The first kappa shape index (κ1) is 18.3. The van der Waals surface area contributed by atoms with Gasteiger partial charge >= 0.3 is 12.2 Å². The Labute approximate surface area is 148 Å². The fraction of sp³-hybridized carbons (Fsp3) is 0.529. The average Bonchev–Trinajstić information content (AvgIpc) is 2.60. The second-order valence-corrected chi connectivity index (χ2v) is 7.18. The molecule has 3 atom stereocenters. The summed E-state index contributed by atoms with van der Waals surface area (Å²) in [6.07, 6.45) is -2.22. The van der Waals surface area contributed by atoms with Gasteiger partial charge in [0.1, 0.15) is 0 Å². The van der Waals surface area contributed by atoms with Crippen molar-refractivity contribution < 1.29 is 18.0 Å². The zero-order valence-electron chi connectivity index (χ0n) is 14.1. The van der Waals surface area contributed by atoms with E-state index in [1.54, 1.807) is 11.8 Å². The van der Waals surface area contributed by atoms with E-state index in [1.165, 1.54) is 12.1 Å². The molecule has 2 amide bonds. The second-order valence-electron chi connectivity index (χ2n) is 7.18. The van der Waals surface area contributed by atoms with Crippen molar-refractivity contribution in [3.63, 3.8) is 0 Å². The Hall–Kier alpha value is -2.45. The summed E-state index contributed by atoms with van der Waals surface area (Å²) in [6.45, 7) is 2.27. The molecule has 2 bridgehead atoms. The van der Waals surface area contributed by atoms with Gasteiger partial charge in [-0.3, -0.25) is 5.41 Å². The van der Waals surface area contributed by atoms with Gasteiger partial charge in [0.15, 0.2) is 5.84 Å². The Balaban J connectivity index is 1.76. The molecule has 2 aliphatic heterocycles. The van der Waals surface area contributed by atoms with Crippen molar-refractivity contribution in [2.45, 2.75) is 38.4 Å². The highest BCUT2D eigenvalue weighted by Crippen LogP contribution is 2.48. The smallest absolute Gasteiger partial charge is 0.320 e.